The van der Waals surface area contributed by atoms with Gasteiger partial charge in [-0.25, -0.2) is 9.97 Å². The normalized spacial score (nSPS) is 10.8. The number of nitrogens with one attached hydrogen (secondary N) is 2. The van der Waals surface area contributed by atoms with Crippen LogP contribution in [0.15, 0.2) is 6.07 Å². The molecular weight excluding hydrogens is 238 g/mol. The zero-order valence-corrected chi connectivity index (χ0v) is 12.7. The van der Waals surface area contributed by atoms with Crippen LogP contribution in [0.25, 0.3) is 0 Å². The Morgan fingerprint density at radius 2 is 1.79 bits per heavy atom. The second-order valence-corrected chi connectivity index (χ2v) is 4.51. The largest absolute Gasteiger partial charge is 0.373 e. The summed E-state index contributed by atoms with van der Waals surface area (Å²) in [5, 5.41) is 6.47. The van der Waals surface area contributed by atoms with Crippen molar-refractivity contribution >= 4 is 11.6 Å². The molecule has 0 saturated heterocycles. The van der Waals surface area contributed by atoms with Crippen LogP contribution in [0.3, 0.4) is 0 Å². The summed E-state index contributed by atoms with van der Waals surface area (Å²) < 4.78 is 0. The van der Waals surface area contributed by atoms with Gasteiger partial charge in [-0.2, -0.15) is 0 Å². The van der Waals surface area contributed by atoms with E-state index in [-0.39, 0.29) is 0 Å². The lowest BCUT2D eigenvalue weighted by atomic mass is 10.3. The zero-order valence-electron chi connectivity index (χ0n) is 12.7. The summed E-state index contributed by atoms with van der Waals surface area (Å²) in [5.41, 5.74) is 0. The van der Waals surface area contributed by atoms with Crippen LogP contribution in [0.2, 0.25) is 0 Å². The molecule has 0 bridgehead atoms. The van der Waals surface area contributed by atoms with Crippen LogP contribution in [-0.2, 0) is 6.42 Å². The Balaban J connectivity index is 2.58. The number of hydrogen-bond acceptors (Lipinski definition) is 5. The van der Waals surface area contributed by atoms with E-state index in [1.807, 2.05) is 13.1 Å². The monoisotopic (exact) mass is 265 g/mol. The first-order valence-corrected chi connectivity index (χ1v) is 7.25. The highest BCUT2D eigenvalue weighted by Crippen LogP contribution is 2.11. The Kier molecular flexibility index (Phi) is 7.18. The summed E-state index contributed by atoms with van der Waals surface area (Å²) >= 11 is 0. The Bertz CT molecular complexity index is 363. The van der Waals surface area contributed by atoms with E-state index < -0.39 is 0 Å². The van der Waals surface area contributed by atoms with Gasteiger partial charge in [0.05, 0.1) is 0 Å². The van der Waals surface area contributed by atoms with E-state index in [0.29, 0.717) is 0 Å². The molecule has 5 nitrogen and oxygen atoms in total. The third kappa shape index (κ3) is 5.42. The molecule has 2 N–H and O–H groups in total. The van der Waals surface area contributed by atoms with E-state index in [4.69, 9.17) is 0 Å². The number of anilines is 2. The highest BCUT2D eigenvalue weighted by molar-refractivity contribution is 5.47. The second kappa shape index (κ2) is 8.69. The number of rotatable bonds is 9. The third-order valence-electron chi connectivity index (χ3n) is 3.13. The molecule has 19 heavy (non-hydrogen) atoms. The molecule has 0 amide bonds. The number of likely N-dealkylation sites (N-methyl/N-ethyl adjacent to an activating group) is 1. The molecule has 1 heterocycles. The minimum atomic E-state index is 0.879. The van der Waals surface area contributed by atoms with Gasteiger partial charge in [-0.3, -0.25) is 0 Å². The minimum absolute atomic E-state index is 0.879. The molecule has 0 aliphatic heterocycles. The van der Waals surface area contributed by atoms with Crippen molar-refractivity contribution in [3.05, 3.63) is 11.9 Å². The Morgan fingerprint density at radius 3 is 2.37 bits per heavy atom. The van der Waals surface area contributed by atoms with Crippen molar-refractivity contribution in [1.82, 2.24) is 14.9 Å². The van der Waals surface area contributed by atoms with Gasteiger partial charge in [0.2, 0.25) is 0 Å². The van der Waals surface area contributed by atoms with Gasteiger partial charge >= 0.3 is 0 Å². The fourth-order valence-corrected chi connectivity index (χ4v) is 1.93. The van der Waals surface area contributed by atoms with Gasteiger partial charge in [-0.05, 0) is 19.5 Å². The van der Waals surface area contributed by atoms with Crippen LogP contribution < -0.4 is 10.6 Å². The highest BCUT2D eigenvalue weighted by Gasteiger charge is 2.04. The van der Waals surface area contributed by atoms with Crippen LogP contribution in [-0.4, -0.2) is 48.1 Å². The lowest BCUT2D eigenvalue weighted by Crippen LogP contribution is -2.28. The second-order valence-electron chi connectivity index (χ2n) is 4.51. The fraction of sp³-hybridized carbons (Fsp3) is 0.714. The number of hydrogen-bond donors (Lipinski definition) is 2. The average Bonchev–Trinajstić information content (AvgIpc) is 2.43. The van der Waals surface area contributed by atoms with Crippen LogP contribution in [0, 0.1) is 0 Å². The van der Waals surface area contributed by atoms with Crippen molar-refractivity contribution in [3.8, 4) is 0 Å². The first kappa shape index (κ1) is 15.7. The van der Waals surface area contributed by atoms with Crippen LogP contribution in [0.1, 0.15) is 33.0 Å². The summed E-state index contributed by atoms with van der Waals surface area (Å²) in [6, 6.07) is 1.96. The molecule has 1 aromatic heterocycles. The van der Waals surface area contributed by atoms with Crippen LogP contribution in [0.5, 0.6) is 0 Å². The molecule has 0 aliphatic rings. The standard InChI is InChI=1S/C14H27N5/c1-5-8-12-17-13(15-4)11-14(18-12)16-9-10-19(6-2)7-3/h11H,5-10H2,1-4H3,(H2,15,16,17,18). The van der Waals surface area contributed by atoms with Gasteiger partial charge < -0.3 is 15.5 Å². The molecular formula is C14H27N5. The predicted octanol–water partition coefficient (Wildman–Crippen LogP) is 2.22. The van der Waals surface area contributed by atoms with Crippen molar-refractivity contribution in [3.63, 3.8) is 0 Å². The van der Waals surface area contributed by atoms with Crippen LogP contribution >= 0.6 is 0 Å². The van der Waals surface area contributed by atoms with Crippen molar-refractivity contribution in [2.45, 2.75) is 33.6 Å². The molecule has 0 unspecified atom stereocenters. The van der Waals surface area contributed by atoms with E-state index in [1.165, 1.54) is 0 Å². The molecule has 1 rings (SSSR count). The van der Waals surface area contributed by atoms with Gasteiger partial charge in [-0.1, -0.05) is 20.8 Å². The highest BCUT2D eigenvalue weighted by atomic mass is 15.1. The molecule has 108 valence electrons. The van der Waals surface area contributed by atoms with E-state index in [0.717, 1.165) is 56.5 Å². The summed E-state index contributed by atoms with van der Waals surface area (Å²) in [7, 11) is 1.89. The molecule has 0 aromatic carbocycles. The topological polar surface area (TPSA) is 53.1 Å². The summed E-state index contributed by atoms with van der Waals surface area (Å²) in [6.45, 7) is 10.6. The molecule has 0 atom stereocenters. The van der Waals surface area contributed by atoms with Crippen molar-refractivity contribution in [2.24, 2.45) is 0 Å². The smallest absolute Gasteiger partial charge is 0.133 e. The van der Waals surface area contributed by atoms with E-state index in [2.05, 4.69) is 46.3 Å². The molecule has 0 radical (unpaired) electrons. The van der Waals surface area contributed by atoms with Gasteiger partial charge in [-0.15, -0.1) is 0 Å². The van der Waals surface area contributed by atoms with Gasteiger partial charge in [0.15, 0.2) is 0 Å². The zero-order chi connectivity index (χ0) is 14.1. The Labute approximate surface area is 116 Å². The fourth-order valence-electron chi connectivity index (χ4n) is 1.93. The molecule has 0 fully saturated rings. The number of aromatic nitrogens is 2. The Morgan fingerprint density at radius 1 is 1.11 bits per heavy atom. The maximum Gasteiger partial charge on any atom is 0.133 e. The number of nitrogens with zero attached hydrogens (tertiary/aromatic N) is 3. The maximum atomic E-state index is 4.54. The third-order valence-corrected chi connectivity index (χ3v) is 3.13. The molecule has 0 saturated carbocycles. The predicted molar refractivity (Wildman–Crippen MR) is 81.9 cm³/mol. The minimum Gasteiger partial charge on any atom is -0.373 e. The number of aryl methyl sites for hydroxylation is 1. The molecule has 0 spiro atoms. The first-order valence-electron chi connectivity index (χ1n) is 7.25. The quantitative estimate of drug-likeness (QED) is 0.717. The van der Waals surface area contributed by atoms with Crippen molar-refractivity contribution in [1.29, 1.82) is 0 Å². The summed E-state index contributed by atoms with van der Waals surface area (Å²) in [4.78, 5) is 11.4. The summed E-state index contributed by atoms with van der Waals surface area (Å²) in [6.07, 6.45) is 1.98. The average molecular weight is 265 g/mol. The van der Waals surface area contributed by atoms with Gasteiger partial charge in [0.1, 0.15) is 17.5 Å². The lowest BCUT2D eigenvalue weighted by Gasteiger charge is -2.18. The molecule has 1 aromatic rings. The van der Waals surface area contributed by atoms with E-state index >= 15 is 0 Å². The van der Waals surface area contributed by atoms with Crippen molar-refractivity contribution in [2.75, 3.05) is 43.9 Å². The van der Waals surface area contributed by atoms with E-state index in [1.54, 1.807) is 0 Å². The molecule has 5 heteroatoms. The van der Waals surface area contributed by atoms with Crippen LogP contribution in [0.4, 0.5) is 11.6 Å². The van der Waals surface area contributed by atoms with Gasteiger partial charge in [0.25, 0.3) is 0 Å². The lowest BCUT2D eigenvalue weighted by molar-refractivity contribution is 0.316. The maximum absolute atomic E-state index is 4.54. The van der Waals surface area contributed by atoms with Crippen molar-refractivity contribution < 1.29 is 0 Å². The van der Waals surface area contributed by atoms with Gasteiger partial charge in [0, 0.05) is 32.6 Å². The molecule has 0 aliphatic carbocycles. The SMILES string of the molecule is CCCc1nc(NC)cc(NCCN(CC)CC)n1. The first-order chi connectivity index (χ1) is 9.23. The Hall–Kier alpha value is -1.36. The summed E-state index contributed by atoms with van der Waals surface area (Å²) in [5.74, 6) is 2.69. The van der Waals surface area contributed by atoms with E-state index in [9.17, 15) is 0 Å².